The van der Waals surface area contributed by atoms with Crippen LogP contribution in [-0.4, -0.2) is 13.2 Å². The Morgan fingerprint density at radius 3 is 1.50 bits per heavy atom. The van der Waals surface area contributed by atoms with E-state index in [1.807, 2.05) is 6.92 Å². The van der Waals surface area contributed by atoms with Crippen molar-refractivity contribution in [1.29, 1.82) is 0 Å². The molecule has 5 rings (SSSR count). The monoisotopic (exact) mass is 646 g/mol. The van der Waals surface area contributed by atoms with Gasteiger partial charge in [-0.3, -0.25) is 0 Å². The number of hydrogen-bond donors (Lipinski definition) is 0. The highest BCUT2D eigenvalue weighted by Gasteiger charge is 2.30. The zero-order chi connectivity index (χ0) is 32.8. The van der Waals surface area contributed by atoms with Gasteiger partial charge in [-0.05, 0) is 118 Å². The molecule has 0 bridgehead atoms. The predicted molar refractivity (Wildman–Crippen MR) is 168 cm³/mol. The van der Waals surface area contributed by atoms with Crippen molar-refractivity contribution in [1.82, 2.24) is 0 Å². The van der Waals surface area contributed by atoms with Gasteiger partial charge in [0.05, 0.1) is 13.2 Å². The minimum absolute atomic E-state index is 0.0116. The van der Waals surface area contributed by atoms with Crippen LogP contribution in [0.5, 0.6) is 11.5 Å². The molecular weight excluding hydrogens is 602 g/mol. The van der Waals surface area contributed by atoms with E-state index in [4.69, 9.17) is 9.47 Å². The van der Waals surface area contributed by atoms with Gasteiger partial charge in [-0.1, -0.05) is 44.4 Å². The number of unbranched alkanes of at least 4 members (excludes halogenated alkanes) is 1. The molecule has 0 spiro atoms. The minimum atomic E-state index is -1.27. The fourth-order valence-corrected chi connectivity index (χ4v) is 7.39. The van der Waals surface area contributed by atoms with Crippen LogP contribution in [0.25, 0.3) is 11.1 Å². The third kappa shape index (κ3) is 7.52. The lowest BCUT2D eigenvalue weighted by Crippen LogP contribution is -2.18. The molecule has 0 aromatic heterocycles. The molecule has 3 aromatic rings. The molecule has 46 heavy (non-hydrogen) atoms. The molecule has 2 aliphatic rings. The second-order valence-corrected chi connectivity index (χ2v) is 13.0. The van der Waals surface area contributed by atoms with Gasteiger partial charge in [-0.15, -0.1) is 0 Å². The summed E-state index contributed by atoms with van der Waals surface area (Å²) in [6.07, 6.45) is 10.8. The van der Waals surface area contributed by atoms with Gasteiger partial charge in [0.1, 0.15) is 0 Å². The van der Waals surface area contributed by atoms with Crippen LogP contribution in [0.4, 0.5) is 26.3 Å². The van der Waals surface area contributed by atoms with Crippen molar-refractivity contribution in [3.05, 3.63) is 82.4 Å². The summed E-state index contributed by atoms with van der Waals surface area (Å²) in [6.45, 7) is 4.17. The van der Waals surface area contributed by atoms with Gasteiger partial charge in [0.2, 0.25) is 11.6 Å². The van der Waals surface area contributed by atoms with Crippen molar-refractivity contribution in [3.8, 4) is 22.6 Å². The maximum atomic E-state index is 15.3. The molecule has 8 heteroatoms. The summed E-state index contributed by atoms with van der Waals surface area (Å²) >= 11 is 0. The van der Waals surface area contributed by atoms with Gasteiger partial charge in [0.15, 0.2) is 34.8 Å². The predicted octanol–water partition coefficient (Wildman–Crippen LogP) is 11.8. The average molecular weight is 647 g/mol. The minimum Gasteiger partial charge on any atom is -0.491 e. The topological polar surface area (TPSA) is 18.5 Å². The second-order valence-electron chi connectivity index (χ2n) is 13.0. The Morgan fingerprint density at radius 2 is 0.957 bits per heavy atom. The van der Waals surface area contributed by atoms with Crippen molar-refractivity contribution in [2.24, 2.45) is 11.8 Å². The normalized spacial score (nSPS) is 21.7. The Balaban J connectivity index is 1.10. The molecular formula is C38H44F6O2. The summed E-state index contributed by atoms with van der Waals surface area (Å²) < 4.78 is 99.5. The molecule has 3 aromatic carbocycles. The number of hydrogen-bond acceptors (Lipinski definition) is 2. The van der Waals surface area contributed by atoms with Crippen molar-refractivity contribution < 1.29 is 35.8 Å². The van der Waals surface area contributed by atoms with Crippen LogP contribution in [0.1, 0.15) is 114 Å². The van der Waals surface area contributed by atoms with Crippen LogP contribution in [-0.2, 0) is 0 Å². The summed E-state index contributed by atoms with van der Waals surface area (Å²) in [5.74, 6) is -5.68. The molecule has 0 aliphatic heterocycles. The molecule has 2 aliphatic carbocycles. The van der Waals surface area contributed by atoms with Crippen LogP contribution in [0.3, 0.4) is 0 Å². The first-order chi connectivity index (χ1) is 22.2. The van der Waals surface area contributed by atoms with Gasteiger partial charge in [0.25, 0.3) is 0 Å². The Labute approximate surface area is 268 Å². The molecule has 0 radical (unpaired) electrons. The van der Waals surface area contributed by atoms with E-state index < -0.39 is 34.9 Å². The highest BCUT2D eigenvalue weighted by molar-refractivity contribution is 5.66. The second kappa shape index (κ2) is 15.6. The molecule has 0 N–H and O–H groups in total. The molecule has 0 heterocycles. The number of ether oxygens (including phenoxy) is 2. The average Bonchev–Trinajstić information content (AvgIpc) is 3.07. The van der Waals surface area contributed by atoms with E-state index in [2.05, 4.69) is 0 Å². The summed E-state index contributed by atoms with van der Waals surface area (Å²) in [6, 6.07) is 8.52. The van der Waals surface area contributed by atoms with Gasteiger partial charge in [0, 0.05) is 11.1 Å². The number of benzene rings is 3. The summed E-state index contributed by atoms with van der Waals surface area (Å²) in [5, 5.41) is 0. The summed E-state index contributed by atoms with van der Waals surface area (Å²) in [7, 11) is 0. The fourth-order valence-electron chi connectivity index (χ4n) is 7.39. The van der Waals surface area contributed by atoms with Crippen molar-refractivity contribution in [2.75, 3.05) is 13.2 Å². The van der Waals surface area contributed by atoms with E-state index in [-0.39, 0.29) is 46.6 Å². The third-order valence-electron chi connectivity index (χ3n) is 10.1. The van der Waals surface area contributed by atoms with Gasteiger partial charge in [-0.2, -0.15) is 8.78 Å². The van der Waals surface area contributed by atoms with Crippen LogP contribution in [0.15, 0.2) is 36.4 Å². The maximum absolute atomic E-state index is 15.3. The highest BCUT2D eigenvalue weighted by Crippen LogP contribution is 2.44. The zero-order valence-corrected chi connectivity index (χ0v) is 26.8. The van der Waals surface area contributed by atoms with Gasteiger partial charge >= 0.3 is 0 Å². The van der Waals surface area contributed by atoms with Crippen LogP contribution in [0.2, 0.25) is 0 Å². The largest absolute Gasteiger partial charge is 0.491 e. The van der Waals surface area contributed by atoms with E-state index in [9.17, 15) is 17.6 Å². The number of rotatable bonds is 12. The van der Waals surface area contributed by atoms with Crippen molar-refractivity contribution >= 4 is 0 Å². The van der Waals surface area contributed by atoms with Crippen LogP contribution < -0.4 is 9.47 Å². The smallest absolute Gasteiger partial charge is 0.201 e. The van der Waals surface area contributed by atoms with Gasteiger partial charge in [-0.25, -0.2) is 17.6 Å². The lowest BCUT2D eigenvalue weighted by atomic mass is 9.73. The standard InChI is InChI=1S/C38H44F6O2/c1-3-5-22-46-32-20-18-28(34(40)38(32)44)26-14-10-24(11-15-26)7-6-23-8-12-25(13-9-23)27-16-17-29(35(41)33(27)39)30-19-21-31(45-4-2)37(43)36(30)42/h16-21,23-26H,3-15,22H2,1-2H3. The molecule has 0 atom stereocenters. The lowest BCUT2D eigenvalue weighted by molar-refractivity contribution is 0.248. The SMILES string of the molecule is CCCCOc1ccc(C2CCC(CCC3CCC(c4ccc(-c5ccc(OCC)c(F)c5F)c(F)c4F)CC3)CC2)c(F)c1F. The molecule has 0 saturated heterocycles. The highest BCUT2D eigenvalue weighted by atomic mass is 19.2. The van der Waals surface area contributed by atoms with E-state index in [1.165, 1.54) is 24.3 Å². The van der Waals surface area contributed by atoms with E-state index >= 15 is 8.78 Å². The number of halogens is 6. The van der Waals surface area contributed by atoms with Crippen molar-refractivity contribution in [3.63, 3.8) is 0 Å². The van der Waals surface area contributed by atoms with Crippen molar-refractivity contribution in [2.45, 2.75) is 103 Å². The molecule has 0 amide bonds. The maximum Gasteiger partial charge on any atom is 0.201 e. The Morgan fingerprint density at radius 1 is 0.522 bits per heavy atom. The zero-order valence-electron chi connectivity index (χ0n) is 26.8. The van der Waals surface area contributed by atoms with Crippen LogP contribution >= 0.6 is 0 Å². The quantitative estimate of drug-likeness (QED) is 0.144. The molecule has 2 nitrogen and oxygen atoms in total. The Kier molecular flexibility index (Phi) is 11.6. The first-order valence-electron chi connectivity index (χ1n) is 16.9. The Bertz CT molecular complexity index is 1470. The van der Waals surface area contributed by atoms with E-state index in [0.29, 0.717) is 24.0 Å². The van der Waals surface area contributed by atoms with E-state index in [1.54, 1.807) is 19.1 Å². The molecule has 2 fully saturated rings. The molecule has 250 valence electrons. The lowest BCUT2D eigenvalue weighted by Gasteiger charge is -2.32. The molecule has 2 saturated carbocycles. The first-order valence-corrected chi connectivity index (χ1v) is 16.9. The molecule has 0 unspecified atom stereocenters. The first kappa shape index (κ1) is 34.2. The third-order valence-corrected chi connectivity index (χ3v) is 10.1. The Hall–Kier alpha value is -3.16. The summed E-state index contributed by atoms with van der Waals surface area (Å²) in [5.41, 5.74) is 0.0781. The van der Waals surface area contributed by atoms with Crippen LogP contribution in [0, 0.1) is 46.7 Å². The van der Waals surface area contributed by atoms with Gasteiger partial charge < -0.3 is 9.47 Å². The van der Waals surface area contributed by atoms with E-state index in [0.717, 1.165) is 77.0 Å². The summed E-state index contributed by atoms with van der Waals surface area (Å²) in [4.78, 5) is 0. The fraction of sp³-hybridized carbons (Fsp3) is 0.526.